The van der Waals surface area contributed by atoms with Crippen molar-refractivity contribution in [2.45, 2.75) is 59.4 Å². The first-order chi connectivity index (χ1) is 12.8. The Hall–Kier alpha value is -1.03. The smallest absolute Gasteiger partial charge is 0.229 e. The van der Waals surface area contributed by atoms with E-state index in [1.165, 1.54) is 25.7 Å². The van der Waals surface area contributed by atoms with Crippen LogP contribution in [0.25, 0.3) is 0 Å². The molecular weight excluding hydrogens is 487 g/mol. The van der Waals surface area contributed by atoms with E-state index >= 15 is 0 Å². The van der Waals surface area contributed by atoms with Crippen molar-refractivity contribution >= 4 is 45.6 Å². The lowest BCUT2D eigenvalue weighted by molar-refractivity contribution is 0.518. The highest BCUT2D eigenvalue weighted by Gasteiger charge is 2.07. The van der Waals surface area contributed by atoms with Crippen molar-refractivity contribution in [3.05, 3.63) is 29.8 Å². The van der Waals surface area contributed by atoms with Gasteiger partial charge in [0, 0.05) is 13.1 Å². The van der Waals surface area contributed by atoms with E-state index in [4.69, 9.17) is 0 Å². The molecule has 0 saturated carbocycles. The second-order valence-corrected chi connectivity index (χ2v) is 9.00. The summed E-state index contributed by atoms with van der Waals surface area (Å²) in [4.78, 5) is 4.59. The number of guanidine groups is 1. The molecule has 1 aromatic rings. The van der Waals surface area contributed by atoms with Crippen LogP contribution < -0.4 is 15.4 Å². The fraction of sp³-hybridized carbons (Fsp3) is 0.650. The average Bonchev–Trinajstić information content (AvgIpc) is 2.58. The second-order valence-electron chi connectivity index (χ2n) is 7.25. The van der Waals surface area contributed by atoms with Gasteiger partial charge in [0.05, 0.1) is 18.5 Å². The first kappa shape index (κ1) is 27.0. The normalized spacial score (nSPS) is 11.8. The van der Waals surface area contributed by atoms with Crippen LogP contribution in [0.3, 0.4) is 0 Å². The van der Waals surface area contributed by atoms with E-state index in [2.05, 4.69) is 34.2 Å². The van der Waals surface area contributed by atoms with Crippen molar-refractivity contribution in [2.75, 3.05) is 24.1 Å². The van der Waals surface area contributed by atoms with Crippen molar-refractivity contribution in [2.24, 2.45) is 10.9 Å². The van der Waals surface area contributed by atoms with Crippen LogP contribution >= 0.6 is 24.0 Å². The van der Waals surface area contributed by atoms with Gasteiger partial charge in [0.15, 0.2) is 5.96 Å². The Morgan fingerprint density at radius 1 is 1.07 bits per heavy atom. The van der Waals surface area contributed by atoms with Gasteiger partial charge in [-0.15, -0.1) is 24.0 Å². The molecular formula is C20H37IN4O2S. The number of hydrogen-bond acceptors (Lipinski definition) is 3. The van der Waals surface area contributed by atoms with Crippen molar-refractivity contribution in [3.8, 4) is 0 Å². The standard InChI is InChI=1S/C20H36N4O2S.HI/c1-5-21-20(22-15-11-7-6-8-12-17(2)3)23-16-18-13-9-10-14-19(18)24-27(4,25)26;/h9-10,13-14,17,24H,5-8,11-12,15-16H2,1-4H3,(H2,21,22,23);1H. The summed E-state index contributed by atoms with van der Waals surface area (Å²) in [6, 6.07) is 7.33. The average molecular weight is 525 g/mol. The van der Waals surface area contributed by atoms with Crippen molar-refractivity contribution < 1.29 is 8.42 Å². The van der Waals surface area contributed by atoms with Crippen LogP contribution in [-0.2, 0) is 16.6 Å². The molecule has 0 fully saturated rings. The van der Waals surface area contributed by atoms with Crippen LogP contribution in [0.15, 0.2) is 29.3 Å². The predicted octanol–water partition coefficient (Wildman–Crippen LogP) is 4.34. The monoisotopic (exact) mass is 524 g/mol. The van der Waals surface area contributed by atoms with Gasteiger partial charge in [0.2, 0.25) is 10.0 Å². The Labute approximate surface area is 188 Å². The molecule has 0 radical (unpaired) electrons. The summed E-state index contributed by atoms with van der Waals surface area (Å²) < 4.78 is 25.6. The predicted molar refractivity (Wildman–Crippen MR) is 131 cm³/mol. The zero-order valence-electron chi connectivity index (χ0n) is 17.6. The lowest BCUT2D eigenvalue weighted by Gasteiger charge is -2.13. The molecule has 0 saturated heterocycles. The van der Waals surface area contributed by atoms with Crippen molar-refractivity contribution in [1.82, 2.24) is 10.6 Å². The number of benzene rings is 1. The highest BCUT2D eigenvalue weighted by Crippen LogP contribution is 2.17. The molecule has 6 nitrogen and oxygen atoms in total. The molecule has 0 amide bonds. The van der Waals surface area contributed by atoms with Crippen molar-refractivity contribution in [1.29, 1.82) is 0 Å². The Morgan fingerprint density at radius 2 is 1.75 bits per heavy atom. The van der Waals surface area contributed by atoms with E-state index in [0.717, 1.165) is 43.2 Å². The molecule has 3 N–H and O–H groups in total. The van der Waals surface area contributed by atoms with Crippen LogP contribution in [0.1, 0.15) is 58.4 Å². The molecule has 8 heteroatoms. The minimum absolute atomic E-state index is 0. The number of hydrogen-bond donors (Lipinski definition) is 3. The highest BCUT2D eigenvalue weighted by molar-refractivity contribution is 14.0. The van der Waals surface area contributed by atoms with Gasteiger partial charge in [-0.2, -0.15) is 0 Å². The minimum atomic E-state index is -3.31. The number of unbranched alkanes of at least 4 members (excludes halogenated alkanes) is 3. The molecule has 0 heterocycles. The van der Waals surface area contributed by atoms with Crippen LogP contribution in [0.5, 0.6) is 0 Å². The number of rotatable bonds is 12. The first-order valence-corrected chi connectivity index (χ1v) is 11.8. The van der Waals surface area contributed by atoms with Crippen LogP contribution in [0, 0.1) is 5.92 Å². The molecule has 1 aromatic carbocycles. The van der Waals surface area contributed by atoms with E-state index in [-0.39, 0.29) is 24.0 Å². The van der Waals surface area contributed by atoms with E-state index in [1.807, 2.05) is 25.1 Å². The fourth-order valence-corrected chi connectivity index (χ4v) is 3.30. The molecule has 0 aliphatic heterocycles. The van der Waals surface area contributed by atoms with Gasteiger partial charge in [-0.3, -0.25) is 4.72 Å². The molecule has 0 spiro atoms. The summed E-state index contributed by atoms with van der Waals surface area (Å²) in [6.07, 6.45) is 7.38. The van der Waals surface area contributed by atoms with Gasteiger partial charge in [-0.1, -0.05) is 57.7 Å². The van der Waals surface area contributed by atoms with Gasteiger partial charge in [0.25, 0.3) is 0 Å². The van der Waals surface area contributed by atoms with Crippen LogP contribution in [0.2, 0.25) is 0 Å². The molecule has 28 heavy (non-hydrogen) atoms. The van der Waals surface area contributed by atoms with E-state index in [1.54, 1.807) is 6.07 Å². The molecule has 0 bridgehead atoms. The van der Waals surface area contributed by atoms with Crippen LogP contribution in [0.4, 0.5) is 5.69 Å². The van der Waals surface area contributed by atoms with E-state index in [0.29, 0.717) is 12.2 Å². The fourth-order valence-electron chi connectivity index (χ4n) is 2.70. The van der Waals surface area contributed by atoms with Gasteiger partial charge in [-0.25, -0.2) is 13.4 Å². The van der Waals surface area contributed by atoms with Crippen molar-refractivity contribution in [3.63, 3.8) is 0 Å². The number of aliphatic imine (C=N–C) groups is 1. The minimum Gasteiger partial charge on any atom is -0.357 e. The summed E-state index contributed by atoms with van der Waals surface area (Å²) in [5.41, 5.74) is 1.42. The summed E-state index contributed by atoms with van der Waals surface area (Å²) in [5.74, 6) is 1.55. The van der Waals surface area contributed by atoms with E-state index in [9.17, 15) is 8.42 Å². The molecule has 0 aromatic heterocycles. The number of nitrogens with zero attached hydrogens (tertiary/aromatic N) is 1. The summed E-state index contributed by atoms with van der Waals surface area (Å²) in [6.45, 7) is 8.64. The summed E-state index contributed by atoms with van der Waals surface area (Å²) >= 11 is 0. The number of halogens is 1. The quantitative estimate of drug-likeness (QED) is 0.165. The van der Waals surface area contributed by atoms with E-state index < -0.39 is 10.0 Å². The Balaban J connectivity index is 0.00000729. The third-order valence-electron chi connectivity index (χ3n) is 4.07. The number of para-hydroxylation sites is 1. The number of nitrogens with one attached hydrogen (secondary N) is 3. The first-order valence-electron chi connectivity index (χ1n) is 9.89. The SMILES string of the molecule is CCNC(=NCc1ccccc1NS(C)(=O)=O)NCCCCCCC(C)C.I. The summed E-state index contributed by atoms with van der Waals surface area (Å²) in [5, 5.41) is 6.60. The second kappa shape index (κ2) is 14.9. The molecule has 0 atom stereocenters. The Kier molecular flexibility index (Phi) is 14.3. The van der Waals surface area contributed by atoms with Crippen LogP contribution in [-0.4, -0.2) is 33.7 Å². The molecule has 0 unspecified atom stereocenters. The van der Waals surface area contributed by atoms with Gasteiger partial charge in [0.1, 0.15) is 0 Å². The molecule has 0 aliphatic rings. The Morgan fingerprint density at radius 3 is 2.39 bits per heavy atom. The number of sulfonamides is 1. The lowest BCUT2D eigenvalue weighted by atomic mass is 10.0. The highest BCUT2D eigenvalue weighted by atomic mass is 127. The largest absolute Gasteiger partial charge is 0.357 e. The maximum atomic E-state index is 11.5. The third-order valence-corrected chi connectivity index (χ3v) is 4.66. The van der Waals surface area contributed by atoms with Gasteiger partial charge < -0.3 is 10.6 Å². The molecule has 1 rings (SSSR count). The zero-order chi connectivity index (χ0) is 20.1. The topological polar surface area (TPSA) is 82.6 Å². The van der Waals surface area contributed by atoms with Gasteiger partial charge in [-0.05, 0) is 30.9 Å². The van der Waals surface area contributed by atoms with Gasteiger partial charge >= 0.3 is 0 Å². The molecule has 162 valence electrons. The zero-order valence-corrected chi connectivity index (χ0v) is 20.8. The Bertz CT molecular complexity index is 679. The molecule has 0 aliphatic carbocycles. The maximum absolute atomic E-state index is 11.5. The lowest BCUT2D eigenvalue weighted by Crippen LogP contribution is -2.37. The summed E-state index contributed by atoms with van der Waals surface area (Å²) in [7, 11) is -3.31. The number of anilines is 1. The third kappa shape index (κ3) is 13.2. The maximum Gasteiger partial charge on any atom is 0.229 e.